The zero-order valence-corrected chi connectivity index (χ0v) is 18.0. The molecule has 2 aromatic carbocycles. The number of aromatic amines is 1. The number of para-hydroxylation sites is 1. The first-order valence-electron chi connectivity index (χ1n) is 10.7. The van der Waals surface area contributed by atoms with Crippen molar-refractivity contribution < 1.29 is 27.5 Å². The second kappa shape index (κ2) is 7.89. The molecule has 7 nitrogen and oxygen atoms in total. The van der Waals surface area contributed by atoms with Gasteiger partial charge in [0.05, 0.1) is 18.4 Å². The molecule has 1 aromatic heterocycles. The maximum atomic E-state index is 13.9. The molecule has 1 aliphatic carbocycles. The number of halogens is 3. The molecule has 10 heteroatoms. The average Bonchev–Trinajstić information content (AvgIpc) is 3.47. The van der Waals surface area contributed by atoms with Crippen LogP contribution in [0.25, 0.3) is 10.9 Å². The van der Waals surface area contributed by atoms with E-state index in [4.69, 9.17) is 4.74 Å². The molecule has 0 spiro atoms. The molecule has 3 atom stereocenters. The molecule has 34 heavy (non-hydrogen) atoms. The second-order valence-electron chi connectivity index (χ2n) is 8.54. The Morgan fingerprint density at radius 1 is 1.18 bits per heavy atom. The number of ether oxygens (including phenoxy) is 1. The Morgan fingerprint density at radius 2 is 1.94 bits per heavy atom. The predicted octanol–water partition coefficient (Wildman–Crippen LogP) is 3.80. The van der Waals surface area contributed by atoms with Crippen molar-refractivity contribution in [2.24, 2.45) is 11.8 Å². The number of nitrogens with zero attached hydrogens (tertiary/aromatic N) is 1. The Bertz CT molecular complexity index is 1370. The molecule has 2 aliphatic rings. The van der Waals surface area contributed by atoms with Crippen molar-refractivity contribution in [2.45, 2.75) is 18.6 Å². The van der Waals surface area contributed by atoms with E-state index in [9.17, 15) is 27.6 Å². The molecule has 1 saturated carbocycles. The Hall–Kier alpha value is -3.82. The fourth-order valence-corrected chi connectivity index (χ4v) is 4.73. The van der Waals surface area contributed by atoms with Gasteiger partial charge in [-0.3, -0.25) is 9.59 Å². The summed E-state index contributed by atoms with van der Waals surface area (Å²) in [5.74, 6) is -1.12. The SMILES string of the molecule is COC(=O)C1C2CC2CN1c1ccc(NC(=O)c2c[nH]c3ccccc3c2=O)c(C(F)(F)F)c1. The zero-order valence-electron chi connectivity index (χ0n) is 18.0. The number of hydrogen-bond donors (Lipinski definition) is 2. The summed E-state index contributed by atoms with van der Waals surface area (Å²) < 4.78 is 46.7. The number of H-pyrrole nitrogens is 1. The van der Waals surface area contributed by atoms with Crippen molar-refractivity contribution in [1.82, 2.24) is 4.98 Å². The standard InChI is InChI=1S/C24H20F3N3O4/c1-34-23(33)20-15-8-12(15)11-30(20)13-6-7-19(17(9-13)24(25,26)27)29-22(32)16-10-28-18-5-3-2-4-14(18)21(16)31/h2-7,9-10,12,15,20H,8,11H2,1H3,(H,28,31)(H,29,32). The maximum Gasteiger partial charge on any atom is 0.418 e. The smallest absolute Gasteiger partial charge is 0.418 e. The number of amides is 1. The normalized spacial score (nSPS) is 21.3. The average molecular weight is 471 g/mol. The first-order chi connectivity index (χ1) is 16.2. The molecule has 1 amide bonds. The third-order valence-electron chi connectivity index (χ3n) is 6.51. The largest absolute Gasteiger partial charge is 0.467 e. The van der Waals surface area contributed by atoms with Crippen molar-refractivity contribution in [3.05, 3.63) is 70.0 Å². The maximum absolute atomic E-state index is 13.9. The van der Waals surface area contributed by atoms with Gasteiger partial charge < -0.3 is 19.9 Å². The number of rotatable bonds is 4. The van der Waals surface area contributed by atoms with Gasteiger partial charge in [-0.05, 0) is 48.6 Å². The number of alkyl halides is 3. The highest BCUT2D eigenvalue weighted by atomic mass is 19.4. The summed E-state index contributed by atoms with van der Waals surface area (Å²) in [5.41, 5.74) is -1.72. The van der Waals surface area contributed by atoms with Crippen LogP contribution in [-0.2, 0) is 15.7 Å². The van der Waals surface area contributed by atoms with Gasteiger partial charge >= 0.3 is 12.1 Å². The number of aromatic nitrogens is 1. The number of hydrogen-bond acceptors (Lipinski definition) is 5. The lowest BCUT2D eigenvalue weighted by molar-refractivity contribution is -0.142. The number of methoxy groups -OCH3 is 1. The third-order valence-corrected chi connectivity index (χ3v) is 6.51. The number of nitrogens with one attached hydrogen (secondary N) is 2. The first-order valence-corrected chi connectivity index (χ1v) is 10.7. The Balaban J connectivity index is 1.48. The van der Waals surface area contributed by atoms with Crippen LogP contribution in [0.2, 0.25) is 0 Å². The molecule has 3 unspecified atom stereocenters. The summed E-state index contributed by atoms with van der Waals surface area (Å²) in [4.78, 5) is 42.1. The summed E-state index contributed by atoms with van der Waals surface area (Å²) in [6, 6.07) is 9.38. The van der Waals surface area contributed by atoms with Crippen LogP contribution in [0.4, 0.5) is 24.5 Å². The Kier molecular flexibility index (Phi) is 5.11. The molecule has 176 valence electrons. The number of fused-ring (bicyclic) bond motifs is 2. The number of piperidine rings is 1. The fourth-order valence-electron chi connectivity index (χ4n) is 4.73. The topological polar surface area (TPSA) is 91.5 Å². The molecule has 2 fully saturated rings. The molecule has 3 aromatic rings. The summed E-state index contributed by atoms with van der Waals surface area (Å²) >= 11 is 0. The second-order valence-corrected chi connectivity index (χ2v) is 8.54. The van der Waals surface area contributed by atoms with Crippen molar-refractivity contribution in [3.8, 4) is 0 Å². The molecule has 1 aliphatic heterocycles. The number of pyridine rings is 1. The van der Waals surface area contributed by atoms with E-state index < -0.39 is 40.8 Å². The van der Waals surface area contributed by atoms with Gasteiger partial charge in [0.25, 0.3) is 5.91 Å². The number of anilines is 2. The van der Waals surface area contributed by atoms with Gasteiger partial charge in [0.15, 0.2) is 0 Å². The zero-order chi connectivity index (χ0) is 24.2. The van der Waals surface area contributed by atoms with Gasteiger partial charge in [0.2, 0.25) is 5.43 Å². The molecule has 2 N–H and O–H groups in total. The molecule has 0 radical (unpaired) electrons. The van der Waals surface area contributed by atoms with Crippen molar-refractivity contribution in [2.75, 3.05) is 23.9 Å². The molecule has 1 saturated heterocycles. The summed E-state index contributed by atoms with van der Waals surface area (Å²) in [6.45, 7) is 0.458. The van der Waals surface area contributed by atoms with Gasteiger partial charge in [0, 0.05) is 29.3 Å². The van der Waals surface area contributed by atoms with E-state index in [0.29, 0.717) is 12.1 Å². The minimum atomic E-state index is -4.78. The number of carbonyl (C=O) groups is 2. The van der Waals surface area contributed by atoms with Crippen LogP contribution >= 0.6 is 0 Å². The van der Waals surface area contributed by atoms with Gasteiger partial charge in [-0.15, -0.1) is 0 Å². The highest BCUT2D eigenvalue weighted by Gasteiger charge is 2.56. The van der Waals surface area contributed by atoms with E-state index in [0.717, 1.165) is 18.6 Å². The monoisotopic (exact) mass is 471 g/mol. The van der Waals surface area contributed by atoms with Gasteiger partial charge in [0.1, 0.15) is 11.6 Å². The van der Waals surface area contributed by atoms with Crippen molar-refractivity contribution in [3.63, 3.8) is 0 Å². The minimum absolute atomic E-state index is 0.0702. The van der Waals surface area contributed by atoms with E-state index >= 15 is 0 Å². The third kappa shape index (κ3) is 3.68. The molecule has 2 heterocycles. The number of carbonyl (C=O) groups excluding carboxylic acids is 2. The van der Waals surface area contributed by atoms with E-state index in [-0.39, 0.29) is 28.5 Å². The summed E-state index contributed by atoms with van der Waals surface area (Å²) in [5, 5.41) is 2.48. The van der Waals surface area contributed by atoms with Crippen molar-refractivity contribution >= 4 is 34.2 Å². The van der Waals surface area contributed by atoms with Crippen LogP contribution in [0.1, 0.15) is 22.3 Å². The molecular weight excluding hydrogens is 451 g/mol. The minimum Gasteiger partial charge on any atom is -0.467 e. The molecular formula is C24H20F3N3O4. The highest BCUT2D eigenvalue weighted by molar-refractivity contribution is 6.06. The van der Waals surface area contributed by atoms with E-state index in [1.54, 1.807) is 23.1 Å². The van der Waals surface area contributed by atoms with Crippen LogP contribution in [0.5, 0.6) is 0 Å². The van der Waals surface area contributed by atoms with Crippen LogP contribution in [0, 0.1) is 11.8 Å². The fraction of sp³-hybridized carbons (Fsp3) is 0.292. The highest BCUT2D eigenvalue weighted by Crippen LogP contribution is 2.51. The lowest BCUT2D eigenvalue weighted by Crippen LogP contribution is -2.40. The van der Waals surface area contributed by atoms with E-state index in [2.05, 4.69) is 10.3 Å². The summed E-state index contributed by atoms with van der Waals surface area (Å²) in [6.07, 6.45) is -2.76. The van der Waals surface area contributed by atoms with E-state index in [1.807, 2.05) is 0 Å². The Labute approximate surface area is 191 Å². The van der Waals surface area contributed by atoms with Crippen LogP contribution < -0.4 is 15.6 Å². The lowest BCUT2D eigenvalue weighted by atomic mass is 10.1. The van der Waals surface area contributed by atoms with Crippen LogP contribution in [0.3, 0.4) is 0 Å². The summed E-state index contributed by atoms with van der Waals surface area (Å²) in [7, 11) is 1.25. The number of esters is 1. The molecule has 5 rings (SSSR count). The van der Waals surface area contributed by atoms with E-state index in [1.165, 1.54) is 25.4 Å². The predicted molar refractivity (Wildman–Crippen MR) is 119 cm³/mol. The van der Waals surface area contributed by atoms with Crippen molar-refractivity contribution in [1.29, 1.82) is 0 Å². The molecule has 0 bridgehead atoms. The Morgan fingerprint density at radius 3 is 2.68 bits per heavy atom. The van der Waals surface area contributed by atoms with Gasteiger partial charge in [-0.1, -0.05) is 12.1 Å². The van der Waals surface area contributed by atoms with Gasteiger partial charge in [-0.25, -0.2) is 4.79 Å². The first kappa shape index (κ1) is 22.0. The number of benzene rings is 2. The quantitative estimate of drug-likeness (QED) is 0.565. The van der Waals surface area contributed by atoms with Gasteiger partial charge in [-0.2, -0.15) is 13.2 Å². The lowest BCUT2D eigenvalue weighted by Gasteiger charge is -2.28. The van der Waals surface area contributed by atoms with Crippen LogP contribution in [0.15, 0.2) is 53.5 Å². The van der Waals surface area contributed by atoms with Crippen LogP contribution in [-0.4, -0.2) is 36.6 Å².